The third-order valence-electron chi connectivity index (χ3n) is 7.09. The van der Waals surface area contributed by atoms with Gasteiger partial charge in [0.15, 0.2) is 0 Å². The summed E-state index contributed by atoms with van der Waals surface area (Å²) in [6, 6.07) is 16.7. The molecule has 11 nitrogen and oxygen atoms in total. The minimum Gasteiger partial charge on any atom is -0.496 e. The van der Waals surface area contributed by atoms with Crippen molar-refractivity contribution in [3.05, 3.63) is 66.4 Å². The number of piperidine rings is 1. The largest absolute Gasteiger partial charge is 0.496 e. The van der Waals surface area contributed by atoms with E-state index in [1.807, 2.05) is 36.4 Å². The van der Waals surface area contributed by atoms with Gasteiger partial charge in [-0.2, -0.15) is 0 Å². The lowest BCUT2D eigenvalue weighted by Crippen LogP contribution is -2.55. The second-order valence-corrected chi connectivity index (χ2v) is 11.0. The van der Waals surface area contributed by atoms with Crippen LogP contribution in [0.4, 0.5) is 16.4 Å². The number of fused-ring (bicyclic) bond motifs is 1. The summed E-state index contributed by atoms with van der Waals surface area (Å²) >= 11 is 0. The molecule has 11 heteroatoms. The lowest BCUT2D eigenvalue weighted by Gasteiger charge is -2.42. The summed E-state index contributed by atoms with van der Waals surface area (Å²) in [4.78, 5) is 18.3. The number of rotatable bonds is 6. The highest BCUT2D eigenvalue weighted by atomic mass is 16.6. The van der Waals surface area contributed by atoms with E-state index in [0.717, 1.165) is 22.5 Å². The SMILES string of the molecule is COc1cc([C@@]2(O)CCN(C(=O)OC(C)(C)C)C[C@@H]2O)ccc1Nc1ncc2ccc(-c3ccccc3OC)n2n1. The van der Waals surface area contributed by atoms with Crippen LogP contribution in [-0.2, 0) is 10.3 Å². The first-order valence-corrected chi connectivity index (χ1v) is 13.3. The minimum absolute atomic E-state index is 0.0625. The highest BCUT2D eigenvalue weighted by Crippen LogP contribution is 2.38. The van der Waals surface area contributed by atoms with E-state index >= 15 is 0 Å². The van der Waals surface area contributed by atoms with E-state index in [2.05, 4.69) is 10.3 Å². The Bertz CT molecular complexity index is 1560. The highest BCUT2D eigenvalue weighted by molar-refractivity contribution is 5.72. The molecule has 0 unspecified atom stereocenters. The van der Waals surface area contributed by atoms with Crippen molar-refractivity contribution in [2.75, 3.05) is 32.6 Å². The van der Waals surface area contributed by atoms with Gasteiger partial charge in [0.2, 0.25) is 5.95 Å². The molecule has 3 N–H and O–H groups in total. The van der Waals surface area contributed by atoms with Gasteiger partial charge in [0, 0.05) is 18.5 Å². The molecule has 216 valence electrons. The van der Waals surface area contributed by atoms with Crippen LogP contribution in [0, 0.1) is 0 Å². The number of nitrogens with zero attached hydrogens (tertiary/aromatic N) is 4. The molecule has 1 aliphatic heterocycles. The van der Waals surface area contributed by atoms with Crippen LogP contribution in [-0.4, -0.2) is 74.8 Å². The van der Waals surface area contributed by atoms with Gasteiger partial charge >= 0.3 is 6.09 Å². The number of carbonyl (C=O) groups excluding carboxylic acids is 1. The number of aliphatic hydroxyl groups excluding tert-OH is 1. The van der Waals surface area contributed by atoms with Gasteiger partial charge < -0.3 is 34.6 Å². The van der Waals surface area contributed by atoms with Crippen LogP contribution in [0.3, 0.4) is 0 Å². The van der Waals surface area contributed by atoms with E-state index in [-0.39, 0.29) is 19.5 Å². The quantitative estimate of drug-likeness (QED) is 0.315. The smallest absolute Gasteiger partial charge is 0.410 e. The Morgan fingerprint density at radius 3 is 2.54 bits per heavy atom. The second-order valence-electron chi connectivity index (χ2n) is 11.0. The van der Waals surface area contributed by atoms with E-state index in [9.17, 15) is 15.0 Å². The molecule has 2 aromatic heterocycles. The maximum Gasteiger partial charge on any atom is 0.410 e. The predicted octanol–water partition coefficient (Wildman–Crippen LogP) is 4.35. The molecule has 0 spiro atoms. The standard InChI is InChI=1S/C30H35N5O6/c1-29(2,3)41-28(37)34-15-14-30(38,26(36)18-34)19-10-12-22(25(16-19)40-5)32-27-31-17-20-11-13-23(35(20)33-27)21-8-6-7-9-24(21)39-4/h6-13,16-17,26,36,38H,14-15,18H2,1-5H3,(H,32,33)/t26-,30-/m0/s1. The van der Waals surface area contributed by atoms with Crippen molar-refractivity contribution in [3.63, 3.8) is 0 Å². The first-order chi connectivity index (χ1) is 19.5. The van der Waals surface area contributed by atoms with Crippen molar-refractivity contribution >= 4 is 23.2 Å². The van der Waals surface area contributed by atoms with E-state index in [0.29, 0.717) is 22.9 Å². The molecule has 3 heterocycles. The van der Waals surface area contributed by atoms with E-state index in [4.69, 9.17) is 19.3 Å². The Morgan fingerprint density at radius 2 is 1.83 bits per heavy atom. The zero-order chi connectivity index (χ0) is 29.4. The molecular weight excluding hydrogens is 526 g/mol. The van der Waals surface area contributed by atoms with Gasteiger partial charge in [-0.1, -0.05) is 18.2 Å². The fourth-order valence-corrected chi connectivity index (χ4v) is 4.96. The average Bonchev–Trinajstić information content (AvgIpc) is 3.36. The number of hydrogen-bond acceptors (Lipinski definition) is 9. The van der Waals surface area contributed by atoms with Crippen LogP contribution in [0.25, 0.3) is 16.8 Å². The van der Waals surface area contributed by atoms with Gasteiger partial charge in [-0.25, -0.2) is 14.3 Å². The summed E-state index contributed by atoms with van der Waals surface area (Å²) in [7, 11) is 3.15. The first kappa shape index (κ1) is 28.2. The molecule has 2 aromatic carbocycles. The number of benzene rings is 2. The number of aromatic nitrogens is 3. The number of β-amino-alcohol motifs (C(OH)–C–C–N with tert-alkyl or cyclic N) is 1. The first-order valence-electron chi connectivity index (χ1n) is 13.3. The van der Waals surface area contributed by atoms with Crippen molar-refractivity contribution in [3.8, 4) is 22.8 Å². The van der Waals surface area contributed by atoms with Crippen LogP contribution in [0.1, 0.15) is 32.8 Å². The van der Waals surface area contributed by atoms with Crippen molar-refractivity contribution in [2.45, 2.75) is 44.5 Å². The number of ether oxygens (including phenoxy) is 3. The lowest BCUT2D eigenvalue weighted by molar-refractivity contribution is -0.123. The van der Waals surface area contributed by atoms with Crippen molar-refractivity contribution < 1.29 is 29.2 Å². The van der Waals surface area contributed by atoms with Crippen molar-refractivity contribution in [1.82, 2.24) is 19.5 Å². The van der Waals surface area contributed by atoms with Gasteiger partial charge in [-0.3, -0.25) is 0 Å². The third-order valence-corrected chi connectivity index (χ3v) is 7.09. The summed E-state index contributed by atoms with van der Waals surface area (Å²) in [5.74, 6) is 1.49. The van der Waals surface area contributed by atoms with Crippen molar-refractivity contribution in [1.29, 1.82) is 0 Å². The van der Waals surface area contributed by atoms with E-state index < -0.39 is 23.4 Å². The van der Waals surface area contributed by atoms with E-state index in [1.165, 1.54) is 12.0 Å². The highest BCUT2D eigenvalue weighted by Gasteiger charge is 2.44. The summed E-state index contributed by atoms with van der Waals surface area (Å²) < 4.78 is 18.4. The molecule has 1 saturated heterocycles. The Morgan fingerprint density at radius 1 is 1.07 bits per heavy atom. The van der Waals surface area contributed by atoms with Crippen LogP contribution >= 0.6 is 0 Å². The van der Waals surface area contributed by atoms with Crippen molar-refractivity contribution in [2.24, 2.45) is 0 Å². The second kappa shape index (κ2) is 10.9. The molecule has 41 heavy (non-hydrogen) atoms. The number of likely N-dealkylation sites (tertiary alicyclic amines) is 1. The van der Waals surface area contributed by atoms with E-state index in [1.54, 1.807) is 56.8 Å². The molecule has 1 aliphatic rings. The predicted molar refractivity (Wildman–Crippen MR) is 154 cm³/mol. The fourth-order valence-electron chi connectivity index (χ4n) is 4.96. The zero-order valence-electron chi connectivity index (χ0n) is 23.8. The lowest BCUT2D eigenvalue weighted by atomic mass is 9.82. The molecule has 4 aromatic rings. The number of aliphatic hydroxyl groups is 2. The number of nitrogens with one attached hydrogen (secondary N) is 1. The Kier molecular flexibility index (Phi) is 7.50. The summed E-state index contributed by atoms with van der Waals surface area (Å²) in [5, 5.41) is 30.3. The number of methoxy groups -OCH3 is 2. The molecule has 2 atom stereocenters. The van der Waals surface area contributed by atoms with Gasteiger partial charge in [0.25, 0.3) is 0 Å². The van der Waals surface area contributed by atoms with Crippen LogP contribution in [0.5, 0.6) is 11.5 Å². The number of hydrogen-bond donors (Lipinski definition) is 3. The molecule has 0 bridgehead atoms. The number of para-hydroxylation sites is 1. The van der Waals surface area contributed by atoms with Crippen LogP contribution in [0.15, 0.2) is 60.8 Å². The maximum absolute atomic E-state index is 12.5. The minimum atomic E-state index is -1.57. The molecule has 0 aliphatic carbocycles. The molecular formula is C30H35N5O6. The number of amides is 1. The summed E-state index contributed by atoms with van der Waals surface area (Å²) in [6.45, 7) is 5.51. The van der Waals surface area contributed by atoms with Gasteiger partial charge in [0.1, 0.15) is 28.8 Å². The monoisotopic (exact) mass is 561 g/mol. The Labute approximate surface area is 238 Å². The Hall–Kier alpha value is -4.35. The number of anilines is 2. The molecule has 1 amide bonds. The summed E-state index contributed by atoms with van der Waals surface area (Å²) in [6.07, 6.45) is 0.0964. The van der Waals surface area contributed by atoms with Gasteiger partial charge in [0.05, 0.1) is 43.9 Å². The topological polar surface area (TPSA) is 131 Å². The normalized spacial score (nSPS) is 19.2. The molecule has 1 fully saturated rings. The summed E-state index contributed by atoms with van der Waals surface area (Å²) in [5.41, 5.74) is 1.37. The molecule has 0 radical (unpaired) electrons. The zero-order valence-corrected chi connectivity index (χ0v) is 23.8. The molecule has 5 rings (SSSR count). The number of carbonyl (C=O) groups is 1. The van der Waals surface area contributed by atoms with Crippen LogP contribution in [0.2, 0.25) is 0 Å². The maximum atomic E-state index is 12.5. The van der Waals surface area contributed by atoms with Gasteiger partial charge in [-0.15, -0.1) is 5.10 Å². The van der Waals surface area contributed by atoms with Crippen LogP contribution < -0.4 is 14.8 Å². The fraction of sp³-hybridized carbons (Fsp3) is 0.367. The molecule has 0 saturated carbocycles. The average molecular weight is 562 g/mol. The Balaban J connectivity index is 1.38. The third kappa shape index (κ3) is 5.63. The van der Waals surface area contributed by atoms with Gasteiger partial charge in [-0.05, 0) is 62.7 Å².